The first-order chi connectivity index (χ1) is 18.4. The SMILES string of the molecule is CCOC(=O)/C(C)=C/c1cc(F)c(Oc2ccc(NCCOCCOCCNC3OCC3=O)cc2)c(F)c1. The van der Waals surface area contributed by atoms with E-state index in [-0.39, 0.29) is 35.9 Å². The van der Waals surface area contributed by atoms with E-state index in [9.17, 15) is 18.4 Å². The highest BCUT2D eigenvalue weighted by Gasteiger charge is 2.28. The molecule has 0 amide bonds. The molecule has 38 heavy (non-hydrogen) atoms. The van der Waals surface area contributed by atoms with Crippen molar-refractivity contribution in [3.05, 3.63) is 59.2 Å². The lowest BCUT2D eigenvalue weighted by Gasteiger charge is -2.25. The molecule has 0 radical (unpaired) electrons. The number of nitrogens with one attached hydrogen (secondary N) is 2. The summed E-state index contributed by atoms with van der Waals surface area (Å²) in [5.74, 6) is -2.57. The number of anilines is 1. The van der Waals surface area contributed by atoms with Gasteiger partial charge in [0.1, 0.15) is 12.4 Å². The van der Waals surface area contributed by atoms with Crippen LogP contribution in [0.25, 0.3) is 6.08 Å². The maximum Gasteiger partial charge on any atom is 0.333 e. The number of ether oxygens (including phenoxy) is 5. The van der Waals surface area contributed by atoms with E-state index in [1.165, 1.54) is 13.0 Å². The van der Waals surface area contributed by atoms with Gasteiger partial charge in [0.05, 0.1) is 33.0 Å². The zero-order chi connectivity index (χ0) is 27.3. The number of hydrogen-bond donors (Lipinski definition) is 2. The van der Waals surface area contributed by atoms with Gasteiger partial charge < -0.3 is 29.0 Å². The molecule has 0 bridgehead atoms. The molecular formula is C27H32F2N2O7. The van der Waals surface area contributed by atoms with Crippen molar-refractivity contribution in [1.29, 1.82) is 0 Å². The number of esters is 1. The lowest BCUT2D eigenvalue weighted by atomic mass is 10.1. The van der Waals surface area contributed by atoms with Gasteiger partial charge in [-0.2, -0.15) is 0 Å². The highest BCUT2D eigenvalue weighted by molar-refractivity contribution is 5.93. The highest BCUT2D eigenvalue weighted by atomic mass is 19.1. The van der Waals surface area contributed by atoms with Crippen molar-refractivity contribution in [1.82, 2.24) is 5.32 Å². The Bertz CT molecular complexity index is 1090. The summed E-state index contributed by atoms with van der Waals surface area (Å²) in [7, 11) is 0. The van der Waals surface area contributed by atoms with E-state index in [1.54, 1.807) is 31.2 Å². The van der Waals surface area contributed by atoms with Crippen LogP contribution in [-0.2, 0) is 28.5 Å². The topological polar surface area (TPSA) is 104 Å². The van der Waals surface area contributed by atoms with Gasteiger partial charge in [-0.1, -0.05) is 0 Å². The van der Waals surface area contributed by atoms with Crippen LogP contribution in [0.4, 0.5) is 14.5 Å². The van der Waals surface area contributed by atoms with Crippen LogP contribution in [0.15, 0.2) is 42.0 Å². The molecule has 2 N–H and O–H groups in total. The molecule has 1 aliphatic rings. The minimum Gasteiger partial charge on any atom is -0.463 e. The third-order valence-electron chi connectivity index (χ3n) is 5.28. The van der Waals surface area contributed by atoms with Crippen LogP contribution >= 0.6 is 0 Å². The lowest BCUT2D eigenvalue weighted by Crippen LogP contribution is -2.51. The van der Waals surface area contributed by atoms with Crippen molar-refractivity contribution in [3.63, 3.8) is 0 Å². The first-order valence-corrected chi connectivity index (χ1v) is 12.3. The molecule has 2 aromatic rings. The van der Waals surface area contributed by atoms with E-state index in [1.807, 2.05) is 0 Å². The zero-order valence-corrected chi connectivity index (χ0v) is 21.4. The first kappa shape index (κ1) is 29.2. The quantitative estimate of drug-likeness (QED) is 0.190. The average molecular weight is 535 g/mol. The normalized spacial score (nSPS) is 15.2. The molecule has 1 atom stereocenters. The molecule has 0 saturated carbocycles. The molecular weight excluding hydrogens is 502 g/mol. The van der Waals surface area contributed by atoms with Gasteiger partial charge in [-0.3, -0.25) is 10.1 Å². The van der Waals surface area contributed by atoms with Crippen molar-refractivity contribution in [2.75, 3.05) is 58.0 Å². The molecule has 206 valence electrons. The van der Waals surface area contributed by atoms with Gasteiger partial charge in [0, 0.05) is 24.4 Å². The van der Waals surface area contributed by atoms with Crippen LogP contribution in [-0.4, -0.2) is 70.7 Å². The summed E-state index contributed by atoms with van der Waals surface area (Å²) in [6.45, 7) is 6.40. The number of carbonyl (C=O) groups excluding carboxylic acids is 2. The van der Waals surface area contributed by atoms with Crippen LogP contribution in [0.3, 0.4) is 0 Å². The Balaban J connectivity index is 1.35. The fourth-order valence-electron chi connectivity index (χ4n) is 3.33. The molecule has 11 heteroatoms. The summed E-state index contributed by atoms with van der Waals surface area (Å²) < 4.78 is 55.3. The number of carbonyl (C=O) groups is 2. The second-order valence-electron chi connectivity index (χ2n) is 8.25. The molecule has 3 rings (SSSR count). The molecule has 9 nitrogen and oxygen atoms in total. The lowest BCUT2D eigenvalue weighted by molar-refractivity contribution is -0.158. The molecule has 1 unspecified atom stereocenters. The van der Waals surface area contributed by atoms with Gasteiger partial charge in [0.25, 0.3) is 0 Å². The standard InChI is InChI=1S/C27H32F2N2O7/c1-3-36-27(33)18(2)14-19-15-22(28)25(23(29)16-19)38-21-6-4-20(5-7-21)30-8-10-34-12-13-35-11-9-31-26-24(32)17-37-26/h4-7,14-16,26,30-31H,3,8-13,17H2,1-2H3/b18-14+. The predicted molar refractivity (Wildman–Crippen MR) is 136 cm³/mol. The Morgan fingerprint density at radius 1 is 1.05 bits per heavy atom. The molecule has 1 fully saturated rings. The number of Topliss-reactive ketones (excluding diaryl/α,β-unsaturated/α-hetero) is 1. The van der Waals surface area contributed by atoms with Crippen molar-refractivity contribution >= 4 is 23.5 Å². The van der Waals surface area contributed by atoms with E-state index in [0.717, 1.165) is 17.8 Å². The maximum atomic E-state index is 14.5. The second-order valence-corrected chi connectivity index (χ2v) is 8.25. The Kier molecular flexibility index (Phi) is 11.6. The van der Waals surface area contributed by atoms with Crippen molar-refractivity contribution in [2.24, 2.45) is 0 Å². The van der Waals surface area contributed by atoms with Gasteiger partial charge in [0.15, 0.2) is 23.6 Å². The summed E-state index contributed by atoms with van der Waals surface area (Å²) in [5, 5.41) is 6.10. The Hall–Kier alpha value is -3.38. The van der Waals surface area contributed by atoms with E-state index < -0.39 is 29.6 Å². The maximum absolute atomic E-state index is 14.5. The molecule has 0 aliphatic carbocycles. The average Bonchev–Trinajstić information content (AvgIpc) is 2.89. The Labute approximate surface area is 220 Å². The van der Waals surface area contributed by atoms with E-state index in [2.05, 4.69) is 10.6 Å². The van der Waals surface area contributed by atoms with Gasteiger partial charge in [0.2, 0.25) is 5.78 Å². The van der Waals surface area contributed by atoms with Crippen molar-refractivity contribution in [2.45, 2.75) is 20.1 Å². The van der Waals surface area contributed by atoms with Crippen molar-refractivity contribution in [3.8, 4) is 11.5 Å². The molecule has 0 spiro atoms. The first-order valence-electron chi connectivity index (χ1n) is 12.3. The monoisotopic (exact) mass is 534 g/mol. The zero-order valence-electron chi connectivity index (χ0n) is 21.4. The minimum absolute atomic E-state index is 0.0498. The van der Waals surface area contributed by atoms with Gasteiger partial charge in [-0.15, -0.1) is 0 Å². The number of ketones is 1. The second kappa shape index (κ2) is 15.1. The van der Waals surface area contributed by atoms with Crippen LogP contribution in [0.5, 0.6) is 11.5 Å². The number of halogens is 2. The third kappa shape index (κ3) is 9.18. The molecule has 1 heterocycles. The van der Waals surface area contributed by atoms with Gasteiger partial charge >= 0.3 is 5.97 Å². The summed E-state index contributed by atoms with van der Waals surface area (Å²) in [5.41, 5.74) is 1.19. The fourth-order valence-corrected chi connectivity index (χ4v) is 3.33. The summed E-state index contributed by atoms with van der Waals surface area (Å²) in [4.78, 5) is 22.8. The number of rotatable bonds is 16. The third-order valence-corrected chi connectivity index (χ3v) is 5.28. The predicted octanol–water partition coefficient (Wildman–Crippen LogP) is 3.68. The molecule has 1 aliphatic heterocycles. The van der Waals surface area contributed by atoms with Gasteiger partial charge in [-0.25, -0.2) is 13.6 Å². The van der Waals surface area contributed by atoms with Crippen LogP contribution in [0, 0.1) is 11.6 Å². The smallest absolute Gasteiger partial charge is 0.333 e. The number of hydrogen-bond acceptors (Lipinski definition) is 9. The Morgan fingerprint density at radius 2 is 1.71 bits per heavy atom. The summed E-state index contributed by atoms with van der Waals surface area (Å²) in [6.07, 6.45) is 0.854. The van der Waals surface area contributed by atoms with Crippen LogP contribution in [0.1, 0.15) is 19.4 Å². The molecule has 1 saturated heterocycles. The number of benzene rings is 2. The van der Waals surface area contributed by atoms with E-state index in [4.69, 9.17) is 23.7 Å². The largest absolute Gasteiger partial charge is 0.463 e. The van der Waals surface area contributed by atoms with Crippen molar-refractivity contribution < 1.29 is 42.1 Å². The summed E-state index contributed by atoms with van der Waals surface area (Å²) >= 11 is 0. The van der Waals surface area contributed by atoms with Crippen LogP contribution < -0.4 is 15.4 Å². The van der Waals surface area contributed by atoms with Gasteiger partial charge in [-0.05, 0) is 61.9 Å². The van der Waals surface area contributed by atoms with E-state index >= 15 is 0 Å². The minimum atomic E-state index is -0.894. The van der Waals surface area contributed by atoms with Crippen LogP contribution in [0.2, 0.25) is 0 Å². The highest BCUT2D eigenvalue weighted by Crippen LogP contribution is 2.30. The molecule has 2 aromatic carbocycles. The Morgan fingerprint density at radius 3 is 2.29 bits per heavy atom. The summed E-state index contributed by atoms with van der Waals surface area (Å²) in [6, 6.07) is 8.79. The van der Waals surface area contributed by atoms with E-state index in [0.29, 0.717) is 39.5 Å². The molecule has 0 aromatic heterocycles. The fraction of sp³-hybridized carbons (Fsp3) is 0.407.